The highest BCUT2D eigenvalue weighted by Crippen LogP contribution is 2.65. The molecule has 4 bridgehead atoms. The highest BCUT2D eigenvalue weighted by molar-refractivity contribution is 7.33. The highest BCUT2D eigenvalue weighted by Gasteiger charge is 2.57. The van der Waals surface area contributed by atoms with Crippen molar-refractivity contribution in [2.24, 2.45) is 17.8 Å². The van der Waals surface area contributed by atoms with Crippen LogP contribution in [0.3, 0.4) is 0 Å². The SMILES string of the molecule is CC(C)(C)c1ccc(N2c3ccc(C(C)(C)C)cc3B3c4sc5ccc(C(C)(C)C)cc5c4N(c4ccc(C(C)(C)C)cc4)c4cc(C56CC7CC(C5)C(C7)C6)cc2c43)cc1. The molecular formula is C57H65BN2S. The van der Waals surface area contributed by atoms with Gasteiger partial charge in [-0.2, -0.15) is 0 Å². The van der Waals surface area contributed by atoms with Crippen LogP contribution in [-0.4, -0.2) is 6.71 Å². The van der Waals surface area contributed by atoms with Gasteiger partial charge in [-0.05, 0) is 170 Å². The van der Waals surface area contributed by atoms with Crippen LogP contribution in [0.1, 0.15) is 143 Å². The molecule has 2 unspecified atom stereocenters. The number of nitrogens with zero attached hydrogens (tertiary/aromatic N) is 2. The summed E-state index contributed by atoms with van der Waals surface area (Å²) in [6.07, 6.45) is 6.95. The maximum absolute atomic E-state index is 2.73. The fourth-order valence-electron chi connectivity index (χ4n) is 12.7. The first-order valence-electron chi connectivity index (χ1n) is 23.4. The van der Waals surface area contributed by atoms with Gasteiger partial charge in [-0.15, -0.1) is 11.3 Å². The van der Waals surface area contributed by atoms with Gasteiger partial charge in [0.25, 0.3) is 6.71 Å². The van der Waals surface area contributed by atoms with Crippen molar-refractivity contribution >= 4 is 78.0 Å². The van der Waals surface area contributed by atoms with Gasteiger partial charge in [0.2, 0.25) is 0 Å². The molecule has 12 rings (SSSR count). The summed E-state index contributed by atoms with van der Waals surface area (Å²) in [4.78, 5) is 5.41. The van der Waals surface area contributed by atoms with E-state index in [9.17, 15) is 0 Å². The Kier molecular flexibility index (Phi) is 8.37. The molecule has 0 radical (unpaired) electrons. The molecule has 4 fully saturated rings. The van der Waals surface area contributed by atoms with Gasteiger partial charge < -0.3 is 9.80 Å². The molecule has 2 atom stereocenters. The fourth-order valence-corrected chi connectivity index (χ4v) is 14.0. The van der Waals surface area contributed by atoms with E-state index >= 15 is 0 Å². The normalized spacial score (nSPS) is 22.9. The van der Waals surface area contributed by atoms with Crippen molar-refractivity contribution < 1.29 is 0 Å². The molecule has 2 nitrogen and oxygen atoms in total. The number of anilines is 6. The average Bonchev–Trinajstić information content (AvgIpc) is 3.80. The van der Waals surface area contributed by atoms with Crippen molar-refractivity contribution in [2.45, 2.75) is 142 Å². The Labute approximate surface area is 370 Å². The van der Waals surface area contributed by atoms with E-state index in [4.69, 9.17) is 0 Å². The van der Waals surface area contributed by atoms with E-state index in [-0.39, 0.29) is 33.8 Å². The zero-order chi connectivity index (χ0) is 42.8. The van der Waals surface area contributed by atoms with Crippen molar-refractivity contribution in [3.63, 3.8) is 0 Å². The zero-order valence-corrected chi connectivity index (χ0v) is 39.7. The summed E-state index contributed by atoms with van der Waals surface area (Å²) in [7, 11) is 0. The smallest absolute Gasteiger partial charge is 0.264 e. The maximum Gasteiger partial charge on any atom is 0.264 e. The van der Waals surface area contributed by atoms with Crippen LogP contribution in [0.4, 0.5) is 34.1 Å². The molecular weight excluding hydrogens is 756 g/mol. The largest absolute Gasteiger partial charge is 0.311 e. The summed E-state index contributed by atoms with van der Waals surface area (Å²) < 4.78 is 2.85. The van der Waals surface area contributed by atoms with Gasteiger partial charge >= 0.3 is 0 Å². The van der Waals surface area contributed by atoms with E-state index in [2.05, 4.69) is 190 Å². The van der Waals surface area contributed by atoms with Crippen LogP contribution in [-0.2, 0) is 27.1 Å². The quantitative estimate of drug-likeness (QED) is 0.164. The molecule has 4 saturated carbocycles. The van der Waals surface area contributed by atoms with Gasteiger partial charge in [0.1, 0.15) is 0 Å². The minimum absolute atomic E-state index is 0.0152. The topological polar surface area (TPSA) is 6.48 Å². The molecule has 6 aromatic rings. The van der Waals surface area contributed by atoms with Crippen LogP contribution in [0, 0.1) is 17.8 Å². The molecule has 5 aromatic carbocycles. The molecule has 0 N–H and O–H groups in total. The van der Waals surface area contributed by atoms with Crippen LogP contribution in [0.15, 0.2) is 97.1 Å². The molecule has 4 aliphatic carbocycles. The van der Waals surface area contributed by atoms with E-state index in [0.717, 1.165) is 17.8 Å². The summed E-state index contributed by atoms with van der Waals surface area (Å²) in [5, 5.41) is 1.39. The summed E-state index contributed by atoms with van der Waals surface area (Å²) in [5.41, 5.74) is 18.4. The molecule has 312 valence electrons. The Morgan fingerprint density at radius 2 is 1.02 bits per heavy atom. The zero-order valence-electron chi connectivity index (χ0n) is 38.9. The van der Waals surface area contributed by atoms with Crippen LogP contribution < -0.4 is 25.5 Å². The maximum atomic E-state index is 2.73. The third-order valence-electron chi connectivity index (χ3n) is 15.9. The Hall–Kier alpha value is -4.28. The summed E-state index contributed by atoms with van der Waals surface area (Å²) in [5.74, 6) is 2.65. The number of rotatable bonds is 3. The van der Waals surface area contributed by atoms with Gasteiger partial charge in [0, 0.05) is 43.3 Å². The molecule has 4 heteroatoms. The van der Waals surface area contributed by atoms with Gasteiger partial charge in [-0.3, -0.25) is 0 Å². The van der Waals surface area contributed by atoms with Crippen molar-refractivity contribution in [3.8, 4) is 0 Å². The van der Waals surface area contributed by atoms with E-state index in [1.807, 2.05) is 11.3 Å². The second-order valence-electron chi connectivity index (χ2n) is 24.2. The van der Waals surface area contributed by atoms with Crippen molar-refractivity contribution in [1.82, 2.24) is 0 Å². The number of hydrogen-bond acceptors (Lipinski definition) is 3. The minimum atomic E-state index is 0.0152. The first-order chi connectivity index (χ1) is 28.7. The molecule has 2 aliphatic heterocycles. The van der Waals surface area contributed by atoms with E-state index < -0.39 is 0 Å². The van der Waals surface area contributed by atoms with E-state index in [0.29, 0.717) is 0 Å². The van der Waals surface area contributed by atoms with Crippen molar-refractivity contribution in [1.29, 1.82) is 0 Å². The summed E-state index contributed by atoms with van der Waals surface area (Å²) >= 11 is 2.03. The standard InChI is InChI=1S/C57H65BN2S/c1-53(2,3)37-13-19-42(20-14-37)59-46-23-17-40(56(10,11)12)28-45(46)58-50-47(59)29-41(57-31-34-25-35(32-57)36(26-34)33-57)30-48(50)60(43-21-15-38(16-22-43)54(4,5)6)51-44-27-39(55(7,8)9)18-24-49(44)61-52(51)58/h13-24,27-30,34-36H,25-26,31-33H2,1-12H3. The van der Waals surface area contributed by atoms with Gasteiger partial charge in [0.15, 0.2) is 0 Å². The molecule has 61 heavy (non-hydrogen) atoms. The highest BCUT2D eigenvalue weighted by atomic mass is 32.1. The summed E-state index contributed by atoms with van der Waals surface area (Å²) in [6.45, 7) is 28.3. The van der Waals surface area contributed by atoms with Crippen molar-refractivity contribution in [3.05, 3.63) is 125 Å². The second-order valence-corrected chi connectivity index (χ2v) is 25.3. The van der Waals surface area contributed by atoms with Gasteiger partial charge in [-0.1, -0.05) is 126 Å². The molecule has 0 amide bonds. The Morgan fingerprint density at radius 3 is 1.56 bits per heavy atom. The Balaban J connectivity index is 1.25. The van der Waals surface area contributed by atoms with Gasteiger partial charge in [-0.25, -0.2) is 0 Å². The molecule has 0 saturated heterocycles. The molecule has 3 heterocycles. The average molecular weight is 821 g/mol. The Morgan fingerprint density at radius 1 is 0.525 bits per heavy atom. The number of benzene rings is 5. The number of thiophene rings is 1. The second kappa shape index (κ2) is 12.9. The van der Waals surface area contributed by atoms with Crippen LogP contribution >= 0.6 is 11.3 Å². The third-order valence-corrected chi connectivity index (χ3v) is 17.1. The lowest BCUT2D eigenvalue weighted by Crippen LogP contribution is -2.60. The predicted molar refractivity (Wildman–Crippen MR) is 266 cm³/mol. The van der Waals surface area contributed by atoms with Crippen LogP contribution in [0.5, 0.6) is 0 Å². The molecule has 1 aromatic heterocycles. The van der Waals surface area contributed by atoms with E-state index in [1.165, 1.54) is 114 Å². The number of fused-ring (bicyclic) bond motifs is 6. The fraction of sp³-hybridized carbons (Fsp3) is 0.439. The van der Waals surface area contributed by atoms with E-state index in [1.54, 1.807) is 5.56 Å². The third kappa shape index (κ3) is 6.07. The lowest BCUT2D eigenvalue weighted by molar-refractivity contribution is 0.229. The number of hydrogen-bond donors (Lipinski definition) is 0. The Bertz CT molecular complexity index is 2720. The minimum Gasteiger partial charge on any atom is -0.311 e. The summed E-state index contributed by atoms with van der Waals surface area (Å²) in [6, 6.07) is 39.6. The first-order valence-corrected chi connectivity index (χ1v) is 24.2. The van der Waals surface area contributed by atoms with Crippen molar-refractivity contribution in [2.75, 3.05) is 9.80 Å². The lowest BCUT2D eigenvalue weighted by Gasteiger charge is -2.46. The first kappa shape index (κ1) is 39.6. The van der Waals surface area contributed by atoms with Gasteiger partial charge in [0.05, 0.1) is 5.69 Å². The lowest BCUT2D eigenvalue weighted by atomic mass is 9.36. The molecule has 6 aliphatic rings. The van der Waals surface area contributed by atoms with Crippen LogP contribution in [0.25, 0.3) is 10.1 Å². The van der Waals surface area contributed by atoms with Crippen LogP contribution in [0.2, 0.25) is 0 Å². The molecule has 0 spiro atoms. The predicted octanol–water partition coefficient (Wildman–Crippen LogP) is 14.3. The monoisotopic (exact) mass is 820 g/mol.